The number of piperidine rings is 1. The average Bonchev–Trinajstić information content (AvgIpc) is 3.07. The molecule has 0 unspecified atom stereocenters. The second-order valence-electron chi connectivity index (χ2n) is 12.0. The molecule has 3 heterocycles. The molecular weight excluding hydrogens is 682 g/mol. The fraction of sp³-hybridized carbons (Fsp3) is 0.257. The van der Waals surface area contributed by atoms with Crippen molar-refractivity contribution in [1.29, 1.82) is 0 Å². The molecule has 0 radical (unpaired) electrons. The molecule has 2 aromatic heterocycles. The molecule has 0 spiro atoms. The number of hydrogen-bond donors (Lipinski definition) is 1. The molecule has 9 nitrogen and oxygen atoms in total. The lowest BCUT2D eigenvalue weighted by Crippen LogP contribution is -2.43. The van der Waals surface area contributed by atoms with Crippen LogP contribution in [0.15, 0.2) is 70.5 Å². The maximum atomic E-state index is 14.3. The van der Waals surface area contributed by atoms with Gasteiger partial charge in [-0.3, -0.25) is 19.1 Å². The van der Waals surface area contributed by atoms with Gasteiger partial charge in [-0.1, -0.05) is 29.3 Å². The number of rotatable bonds is 8. The second-order valence-corrected chi connectivity index (χ2v) is 12.8. The van der Waals surface area contributed by atoms with Crippen LogP contribution >= 0.6 is 23.2 Å². The number of halogens is 5. The topological polar surface area (TPSA) is 98.5 Å². The molecule has 0 saturated carbocycles. The number of ether oxygens (including phenoxy) is 1. The first-order valence-corrected chi connectivity index (χ1v) is 16.1. The molecule has 6 rings (SSSR count). The molecule has 5 aromatic rings. The normalized spacial score (nSPS) is 13.9. The summed E-state index contributed by atoms with van der Waals surface area (Å²) in [6.07, 6.45) is 4.39. The Kier molecular flexibility index (Phi) is 9.82. The third-order valence-corrected chi connectivity index (χ3v) is 9.09. The van der Waals surface area contributed by atoms with E-state index in [0.717, 1.165) is 47.2 Å². The van der Waals surface area contributed by atoms with Crippen molar-refractivity contribution in [1.82, 2.24) is 24.3 Å². The highest BCUT2D eigenvalue weighted by atomic mass is 35.5. The zero-order valence-corrected chi connectivity index (χ0v) is 27.9. The summed E-state index contributed by atoms with van der Waals surface area (Å²) in [5, 5.41) is 3.52. The van der Waals surface area contributed by atoms with Crippen LogP contribution in [0.2, 0.25) is 10.0 Å². The molecule has 254 valence electrons. The van der Waals surface area contributed by atoms with Crippen molar-refractivity contribution >= 4 is 40.0 Å². The van der Waals surface area contributed by atoms with Gasteiger partial charge >= 0.3 is 5.69 Å². The number of fused-ring (bicyclic) bond motifs is 1. The number of carbonyl (C=O) groups is 1. The van der Waals surface area contributed by atoms with E-state index in [4.69, 9.17) is 27.9 Å². The van der Waals surface area contributed by atoms with Crippen LogP contribution in [-0.2, 0) is 17.8 Å². The third kappa shape index (κ3) is 7.08. The van der Waals surface area contributed by atoms with Gasteiger partial charge in [0.05, 0.1) is 42.5 Å². The van der Waals surface area contributed by atoms with Crippen LogP contribution < -0.4 is 21.3 Å². The van der Waals surface area contributed by atoms with Crippen molar-refractivity contribution in [2.75, 3.05) is 27.2 Å². The minimum atomic E-state index is -1.66. The van der Waals surface area contributed by atoms with Crippen molar-refractivity contribution in [2.24, 2.45) is 0 Å². The minimum Gasteiger partial charge on any atom is -0.496 e. The lowest BCUT2D eigenvalue weighted by atomic mass is 9.99. The molecule has 3 aromatic carbocycles. The Morgan fingerprint density at radius 3 is 2.37 bits per heavy atom. The number of nitrogens with one attached hydrogen (secondary N) is 1. The molecule has 1 N–H and O–H groups in total. The number of aromatic nitrogens is 3. The van der Waals surface area contributed by atoms with Crippen LogP contribution in [0.25, 0.3) is 27.7 Å². The number of amides is 1. The van der Waals surface area contributed by atoms with E-state index in [-0.39, 0.29) is 51.3 Å². The van der Waals surface area contributed by atoms with Gasteiger partial charge in [-0.15, -0.1) is 0 Å². The van der Waals surface area contributed by atoms with Crippen molar-refractivity contribution in [3.63, 3.8) is 0 Å². The zero-order chi connectivity index (χ0) is 35.0. The van der Waals surface area contributed by atoms with Gasteiger partial charge in [-0.05, 0) is 92.1 Å². The quantitative estimate of drug-likeness (QED) is 0.206. The number of carbonyl (C=O) groups excluding carboxylic acids is 1. The Bertz CT molecular complexity index is 2190. The van der Waals surface area contributed by atoms with Crippen LogP contribution in [0.4, 0.5) is 13.2 Å². The lowest BCUT2D eigenvalue weighted by molar-refractivity contribution is -0.121. The summed E-state index contributed by atoms with van der Waals surface area (Å²) in [4.78, 5) is 47.3. The summed E-state index contributed by atoms with van der Waals surface area (Å²) in [6.45, 7) is 1.34. The second kappa shape index (κ2) is 14.1. The van der Waals surface area contributed by atoms with Gasteiger partial charge in [0.2, 0.25) is 5.91 Å². The maximum Gasteiger partial charge on any atom is 0.336 e. The highest BCUT2D eigenvalue weighted by molar-refractivity contribution is 6.33. The molecule has 1 saturated heterocycles. The van der Waals surface area contributed by atoms with E-state index in [1.54, 1.807) is 24.3 Å². The number of hydrogen-bond acceptors (Lipinski definition) is 6. The standard InChI is InChI=1S/C35H30Cl2F3N5O4/c1-43-7-5-23(6-8-43)42-31(46)12-19-3-4-26(37)25(9-19)21-13-29-32(30(14-21)49-2)34(47)45(24-15-22(36)16-41-17-24)35(48)44(29)18-20-10-27(38)33(40)28(39)11-20/h3-4,9-11,13-17,23H,5-8,12,18H2,1-2H3,(H,42,46). The van der Waals surface area contributed by atoms with Crippen LogP contribution in [0.5, 0.6) is 5.75 Å². The summed E-state index contributed by atoms with van der Waals surface area (Å²) in [5.41, 5.74) is -0.0958. The third-order valence-electron chi connectivity index (χ3n) is 8.55. The van der Waals surface area contributed by atoms with Gasteiger partial charge in [0.25, 0.3) is 5.56 Å². The summed E-state index contributed by atoms with van der Waals surface area (Å²) >= 11 is 12.8. The summed E-state index contributed by atoms with van der Waals surface area (Å²) in [5.74, 6) is -4.62. The number of pyridine rings is 1. The van der Waals surface area contributed by atoms with E-state index in [1.807, 2.05) is 7.05 Å². The minimum absolute atomic E-state index is 0.0371. The van der Waals surface area contributed by atoms with E-state index in [9.17, 15) is 27.6 Å². The smallest absolute Gasteiger partial charge is 0.336 e. The van der Waals surface area contributed by atoms with Crippen molar-refractivity contribution < 1.29 is 22.7 Å². The largest absolute Gasteiger partial charge is 0.496 e. The molecule has 14 heteroatoms. The first kappa shape index (κ1) is 34.2. The van der Waals surface area contributed by atoms with E-state index >= 15 is 0 Å². The molecular formula is C35H30Cl2F3N5O4. The fourth-order valence-electron chi connectivity index (χ4n) is 6.07. The molecule has 1 amide bonds. The van der Waals surface area contributed by atoms with Crippen molar-refractivity contribution in [2.45, 2.75) is 31.8 Å². The van der Waals surface area contributed by atoms with Crippen LogP contribution in [0.3, 0.4) is 0 Å². The first-order valence-electron chi connectivity index (χ1n) is 15.3. The average molecular weight is 713 g/mol. The Morgan fingerprint density at radius 2 is 1.69 bits per heavy atom. The molecule has 0 bridgehead atoms. The SMILES string of the molecule is COc1cc(-c2cc(CC(=O)NC3CCN(C)CC3)ccc2Cl)cc2c1c(=O)n(-c1cncc(Cl)c1)c(=O)n2Cc1cc(F)c(F)c(F)c1. The lowest BCUT2D eigenvalue weighted by Gasteiger charge is -2.29. The van der Waals surface area contributed by atoms with Crippen LogP contribution in [-0.4, -0.2) is 58.2 Å². The Morgan fingerprint density at radius 1 is 0.980 bits per heavy atom. The fourth-order valence-corrected chi connectivity index (χ4v) is 6.47. The molecule has 1 aliphatic rings. The number of benzene rings is 3. The van der Waals surface area contributed by atoms with Crippen molar-refractivity contribution in [3.05, 3.63) is 120 Å². The maximum absolute atomic E-state index is 14.3. The summed E-state index contributed by atoms with van der Waals surface area (Å²) < 4.78 is 50.0. The number of methoxy groups -OCH3 is 1. The zero-order valence-electron chi connectivity index (χ0n) is 26.4. The number of likely N-dealkylation sites (tertiary alicyclic amines) is 1. The van der Waals surface area contributed by atoms with E-state index < -0.39 is 35.2 Å². The molecule has 0 aliphatic carbocycles. The van der Waals surface area contributed by atoms with E-state index in [2.05, 4.69) is 15.2 Å². The molecule has 49 heavy (non-hydrogen) atoms. The van der Waals surface area contributed by atoms with E-state index in [1.165, 1.54) is 31.6 Å². The Balaban J connectivity index is 1.50. The predicted molar refractivity (Wildman–Crippen MR) is 181 cm³/mol. The molecule has 1 fully saturated rings. The van der Waals surface area contributed by atoms with E-state index in [0.29, 0.717) is 21.7 Å². The number of nitrogens with zero attached hydrogens (tertiary/aromatic N) is 4. The van der Waals surface area contributed by atoms with Gasteiger partial charge in [0.15, 0.2) is 17.5 Å². The van der Waals surface area contributed by atoms with Crippen LogP contribution in [0, 0.1) is 17.5 Å². The molecule has 0 atom stereocenters. The Labute approximate surface area is 288 Å². The summed E-state index contributed by atoms with van der Waals surface area (Å²) in [6, 6.07) is 11.2. The summed E-state index contributed by atoms with van der Waals surface area (Å²) in [7, 11) is 3.39. The van der Waals surface area contributed by atoms with Gasteiger partial charge in [0.1, 0.15) is 11.1 Å². The highest BCUT2D eigenvalue weighted by Gasteiger charge is 2.23. The van der Waals surface area contributed by atoms with Crippen LogP contribution in [0.1, 0.15) is 24.0 Å². The highest BCUT2D eigenvalue weighted by Crippen LogP contribution is 2.35. The van der Waals surface area contributed by atoms with Gasteiger partial charge in [0, 0.05) is 22.8 Å². The van der Waals surface area contributed by atoms with Gasteiger partial charge in [-0.2, -0.15) is 0 Å². The monoisotopic (exact) mass is 711 g/mol. The van der Waals surface area contributed by atoms with Gasteiger partial charge in [-0.25, -0.2) is 22.5 Å². The predicted octanol–water partition coefficient (Wildman–Crippen LogP) is 5.75. The van der Waals surface area contributed by atoms with Crippen molar-refractivity contribution in [3.8, 4) is 22.6 Å². The Hall–Kier alpha value is -4.65. The van der Waals surface area contributed by atoms with Gasteiger partial charge < -0.3 is 15.0 Å². The first-order chi connectivity index (χ1) is 23.4. The molecule has 1 aliphatic heterocycles.